The molecule has 0 saturated carbocycles. The van der Waals surface area contributed by atoms with E-state index in [1.807, 2.05) is 24.3 Å². The number of para-hydroxylation sites is 1. The van der Waals surface area contributed by atoms with E-state index in [2.05, 4.69) is 15.9 Å². The highest BCUT2D eigenvalue weighted by atomic mass is 79.9. The fourth-order valence-corrected chi connectivity index (χ4v) is 1.58. The Labute approximate surface area is 97.8 Å². The first-order valence-electron chi connectivity index (χ1n) is 4.87. The molecule has 0 aromatic heterocycles. The highest BCUT2D eigenvalue weighted by molar-refractivity contribution is 9.10. The van der Waals surface area contributed by atoms with Crippen molar-refractivity contribution >= 4 is 15.9 Å². The van der Waals surface area contributed by atoms with Crippen LogP contribution in [0.3, 0.4) is 0 Å². The van der Waals surface area contributed by atoms with Gasteiger partial charge in [-0.3, -0.25) is 0 Å². The lowest BCUT2D eigenvalue weighted by atomic mass is 10.1. The molecule has 84 valence electrons. The molecular formula is C11H15BrO3. The molecule has 0 fully saturated rings. The smallest absolute Gasteiger partial charge is 0.133 e. The van der Waals surface area contributed by atoms with Crippen molar-refractivity contribution in [2.24, 2.45) is 5.92 Å². The molecule has 0 radical (unpaired) electrons. The number of hydrogen-bond acceptors (Lipinski definition) is 3. The van der Waals surface area contributed by atoms with Gasteiger partial charge in [-0.1, -0.05) is 12.1 Å². The molecule has 0 amide bonds. The van der Waals surface area contributed by atoms with Crippen LogP contribution in [0.5, 0.6) is 5.75 Å². The molecular weight excluding hydrogens is 260 g/mol. The quantitative estimate of drug-likeness (QED) is 0.832. The van der Waals surface area contributed by atoms with E-state index in [-0.39, 0.29) is 19.1 Å². The van der Waals surface area contributed by atoms with Crippen LogP contribution in [0.2, 0.25) is 0 Å². The Balaban J connectivity index is 2.45. The van der Waals surface area contributed by atoms with E-state index in [4.69, 9.17) is 14.9 Å². The van der Waals surface area contributed by atoms with Gasteiger partial charge >= 0.3 is 0 Å². The van der Waals surface area contributed by atoms with Crippen LogP contribution in [-0.2, 0) is 0 Å². The van der Waals surface area contributed by atoms with Gasteiger partial charge in [-0.2, -0.15) is 0 Å². The predicted molar refractivity (Wildman–Crippen MR) is 61.9 cm³/mol. The highest BCUT2D eigenvalue weighted by Crippen LogP contribution is 2.24. The molecule has 0 aliphatic rings. The molecule has 0 aliphatic heterocycles. The van der Waals surface area contributed by atoms with E-state index in [9.17, 15) is 0 Å². The molecule has 0 bridgehead atoms. The summed E-state index contributed by atoms with van der Waals surface area (Å²) in [7, 11) is 0. The zero-order valence-corrected chi connectivity index (χ0v) is 9.98. The molecule has 1 unspecified atom stereocenters. The largest absolute Gasteiger partial charge is 0.492 e. The van der Waals surface area contributed by atoms with E-state index in [0.29, 0.717) is 13.0 Å². The van der Waals surface area contributed by atoms with Gasteiger partial charge in [0.2, 0.25) is 0 Å². The van der Waals surface area contributed by atoms with Gasteiger partial charge in [0, 0.05) is 19.1 Å². The average molecular weight is 275 g/mol. The summed E-state index contributed by atoms with van der Waals surface area (Å²) in [5.41, 5.74) is 0. The topological polar surface area (TPSA) is 49.7 Å². The third-order valence-electron chi connectivity index (χ3n) is 2.11. The van der Waals surface area contributed by atoms with Crippen molar-refractivity contribution in [3.8, 4) is 5.75 Å². The predicted octanol–water partition coefficient (Wildman–Crippen LogP) is 1.82. The van der Waals surface area contributed by atoms with E-state index in [1.165, 1.54) is 0 Å². The maximum absolute atomic E-state index is 9.00. The van der Waals surface area contributed by atoms with E-state index < -0.39 is 0 Å². The lowest BCUT2D eigenvalue weighted by Crippen LogP contribution is -2.17. The molecule has 1 atom stereocenters. The Morgan fingerprint density at radius 3 is 2.60 bits per heavy atom. The Morgan fingerprint density at radius 2 is 2.00 bits per heavy atom. The minimum atomic E-state index is -0.0119. The van der Waals surface area contributed by atoms with E-state index >= 15 is 0 Å². The zero-order chi connectivity index (χ0) is 11.1. The van der Waals surface area contributed by atoms with Crippen molar-refractivity contribution in [3.63, 3.8) is 0 Å². The van der Waals surface area contributed by atoms with Crippen molar-refractivity contribution in [2.75, 3.05) is 19.8 Å². The zero-order valence-electron chi connectivity index (χ0n) is 8.40. The number of rotatable bonds is 6. The summed E-state index contributed by atoms with van der Waals surface area (Å²) >= 11 is 3.37. The summed E-state index contributed by atoms with van der Waals surface area (Å²) in [5, 5.41) is 17.7. The van der Waals surface area contributed by atoms with Crippen LogP contribution >= 0.6 is 15.9 Å². The van der Waals surface area contributed by atoms with Crippen molar-refractivity contribution in [2.45, 2.75) is 6.42 Å². The van der Waals surface area contributed by atoms with Crippen LogP contribution in [0.1, 0.15) is 6.42 Å². The minimum Gasteiger partial charge on any atom is -0.492 e. The summed E-state index contributed by atoms with van der Waals surface area (Å²) in [6, 6.07) is 7.56. The molecule has 1 aromatic rings. The Kier molecular flexibility index (Phi) is 5.68. The Hall–Kier alpha value is -0.580. The van der Waals surface area contributed by atoms with Crippen LogP contribution in [0, 0.1) is 5.92 Å². The van der Waals surface area contributed by atoms with Gasteiger partial charge in [-0.25, -0.2) is 0 Å². The summed E-state index contributed by atoms with van der Waals surface area (Å²) < 4.78 is 6.42. The van der Waals surface area contributed by atoms with E-state index in [0.717, 1.165) is 10.2 Å². The minimum absolute atomic E-state index is 0.0119. The van der Waals surface area contributed by atoms with Crippen LogP contribution in [0.15, 0.2) is 28.7 Å². The van der Waals surface area contributed by atoms with Crippen molar-refractivity contribution in [3.05, 3.63) is 28.7 Å². The summed E-state index contributed by atoms with van der Waals surface area (Å²) in [4.78, 5) is 0. The van der Waals surface area contributed by atoms with Gasteiger partial charge in [0.1, 0.15) is 5.75 Å². The molecule has 2 N–H and O–H groups in total. The molecule has 0 heterocycles. The molecule has 0 spiro atoms. The summed E-state index contributed by atoms with van der Waals surface area (Å²) in [5.74, 6) is 0.746. The van der Waals surface area contributed by atoms with E-state index in [1.54, 1.807) is 0 Å². The van der Waals surface area contributed by atoms with Gasteiger partial charge in [-0.05, 0) is 34.5 Å². The van der Waals surface area contributed by atoms with Crippen LogP contribution in [0.25, 0.3) is 0 Å². The maximum atomic E-state index is 9.00. The first kappa shape index (κ1) is 12.5. The molecule has 1 rings (SSSR count). The summed E-state index contributed by atoms with van der Waals surface area (Å²) in [6.07, 6.45) is 0.557. The second-order valence-electron chi connectivity index (χ2n) is 3.30. The normalized spacial score (nSPS) is 12.5. The molecule has 15 heavy (non-hydrogen) atoms. The number of ether oxygens (including phenoxy) is 1. The monoisotopic (exact) mass is 274 g/mol. The number of halogens is 1. The number of aliphatic hydroxyl groups excluding tert-OH is 2. The van der Waals surface area contributed by atoms with Gasteiger partial charge < -0.3 is 14.9 Å². The highest BCUT2D eigenvalue weighted by Gasteiger charge is 2.08. The first-order valence-corrected chi connectivity index (χ1v) is 5.66. The van der Waals surface area contributed by atoms with Crippen molar-refractivity contribution < 1.29 is 14.9 Å². The van der Waals surface area contributed by atoms with Gasteiger partial charge in [0.05, 0.1) is 11.1 Å². The fourth-order valence-electron chi connectivity index (χ4n) is 1.18. The van der Waals surface area contributed by atoms with Crippen LogP contribution < -0.4 is 4.74 Å². The summed E-state index contributed by atoms with van der Waals surface area (Å²) in [6.45, 7) is 0.523. The average Bonchev–Trinajstić information content (AvgIpc) is 2.26. The standard InChI is InChI=1S/C11H15BrO3/c12-10-3-1-2-4-11(10)15-8-9(7-14)5-6-13/h1-4,9,13-14H,5-8H2. The molecule has 4 heteroatoms. The first-order chi connectivity index (χ1) is 7.27. The van der Waals surface area contributed by atoms with Crippen LogP contribution in [0.4, 0.5) is 0 Å². The lowest BCUT2D eigenvalue weighted by molar-refractivity contribution is 0.134. The van der Waals surface area contributed by atoms with Gasteiger partial charge in [-0.15, -0.1) is 0 Å². The molecule has 0 aliphatic carbocycles. The van der Waals surface area contributed by atoms with Crippen LogP contribution in [-0.4, -0.2) is 30.0 Å². The third-order valence-corrected chi connectivity index (χ3v) is 2.76. The van der Waals surface area contributed by atoms with Gasteiger partial charge in [0.25, 0.3) is 0 Å². The van der Waals surface area contributed by atoms with Crippen molar-refractivity contribution in [1.82, 2.24) is 0 Å². The van der Waals surface area contributed by atoms with Gasteiger partial charge in [0.15, 0.2) is 0 Å². The fraction of sp³-hybridized carbons (Fsp3) is 0.455. The molecule has 0 saturated heterocycles. The van der Waals surface area contributed by atoms with Crippen molar-refractivity contribution in [1.29, 1.82) is 0 Å². The molecule has 1 aromatic carbocycles. The lowest BCUT2D eigenvalue weighted by Gasteiger charge is -2.14. The second kappa shape index (κ2) is 6.82. The second-order valence-corrected chi connectivity index (χ2v) is 4.16. The Morgan fingerprint density at radius 1 is 1.27 bits per heavy atom. The molecule has 3 nitrogen and oxygen atoms in total. The number of benzene rings is 1. The number of hydrogen-bond donors (Lipinski definition) is 2. The Bertz CT molecular complexity index is 291. The third kappa shape index (κ3) is 4.20. The SMILES string of the molecule is OCCC(CO)COc1ccccc1Br. The maximum Gasteiger partial charge on any atom is 0.133 e. The number of aliphatic hydroxyl groups is 2.